The summed E-state index contributed by atoms with van der Waals surface area (Å²) in [7, 11) is 3.98. The molecule has 0 saturated heterocycles. The Kier molecular flexibility index (Phi) is 3.76. The lowest BCUT2D eigenvalue weighted by Crippen LogP contribution is -2.10. The summed E-state index contributed by atoms with van der Waals surface area (Å²) in [5, 5.41) is 7.91. The van der Waals surface area contributed by atoms with Crippen LogP contribution in [0.5, 0.6) is 0 Å². The van der Waals surface area contributed by atoms with Crippen LogP contribution >= 0.6 is 0 Å². The fourth-order valence-electron chi connectivity index (χ4n) is 2.55. The molecule has 0 aliphatic carbocycles. The third-order valence-electron chi connectivity index (χ3n) is 3.87. The molecule has 0 fully saturated rings. The van der Waals surface area contributed by atoms with Crippen LogP contribution in [0.1, 0.15) is 27.9 Å². The van der Waals surface area contributed by atoms with E-state index in [9.17, 15) is 0 Å². The molecule has 2 aromatic rings. The minimum Gasteiger partial charge on any atom is -0.314 e. The van der Waals surface area contributed by atoms with Crippen LogP contribution in [0, 0.1) is 27.7 Å². The van der Waals surface area contributed by atoms with Crippen molar-refractivity contribution < 1.29 is 0 Å². The Hall–Kier alpha value is -1.61. The molecule has 0 radical (unpaired) electrons. The van der Waals surface area contributed by atoms with E-state index < -0.39 is 0 Å². The molecular weight excluding hydrogens is 234 g/mol. The van der Waals surface area contributed by atoms with Crippen molar-refractivity contribution in [2.75, 3.05) is 7.05 Å². The molecule has 0 unspecified atom stereocenters. The second-order valence-corrected chi connectivity index (χ2v) is 5.33. The van der Waals surface area contributed by atoms with Gasteiger partial charge in [-0.05, 0) is 63.1 Å². The molecule has 3 heteroatoms. The van der Waals surface area contributed by atoms with Gasteiger partial charge in [-0.15, -0.1) is 0 Å². The van der Waals surface area contributed by atoms with Gasteiger partial charge in [0.2, 0.25) is 0 Å². The third kappa shape index (κ3) is 2.43. The van der Waals surface area contributed by atoms with Gasteiger partial charge in [-0.1, -0.05) is 6.07 Å². The lowest BCUT2D eigenvalue weighted by molar-refractivity contribution is 0.671. The zero-order valence-electron chi connectivity index (χ0n) is 12.8. The predicted octanol–water partition coefficient (Wildman–Crippen LogP) is 3.04. The maximum Gasteiger partial charge on any atom is 0.0958 e. The van der Waals surface area contributed by atoms with E-state index in [0.29, 0.717) is 0 Å². The zero-order valence-corrected chi connectivity index (χ0v) is 12.8. The number of aryl methyl sites for hydroxylation is 4. The largest absolute Gasteiger partial charge is 0.314 e. The number of nitrogens with zero attached hydrogens (tertiary/aromatic N) is 2. The van der Waals surface area contributed by atoms with Crippen LogP contribution in [0.25, 0.3) is 11.3 Å². The van der Waals surface area contributed by atoms with Crippen LogP contribution in [-0.2, 0) is 13.6 Å². The number of nitrogens with one attached hydrogen (secondary N) is 1. The van der Waals surface area contributed by atoms with Crippen molar-refractivity contribution in [2.45, 2.75) is 34.2 Å². The van der Waals surface area contributed by atoms with E-state index in [0.717, 1.165) is 12.2 Å². The first-order chi connectivity index (χ1) is 8.95. The lowest BCUT2D eigenvalue weighted by Gasteiger charge is -2.08. The molecule has 19 heavy (non-hydrogen) atoms. The topological polar surface area (TPSA) is 29.9 Å². The summed E-state index contributed by atoms with van der Waals surface area (Å²) in [5.74, 6) is 0. The molecule has 3 nitrogen and oxygen atoms in total. The first-order valence-corrected chi connectivity index (χ1v) is 6.71. The monoisotopic (exact) mass is 257 g/mol. The second kappa shape index (κ2) is 5.17. The molecule has 1 aromatic heterocycles. The van der Waals surface area contributed by atoms with E-state index in [2.05, 4.69) is 45.1 Å². The molecule has 1 heterocycles. The Morgan fingerprint density at radius 3 is 2.32 bits per heavy atom. The van der Waals surface area contributed by atoms with Crippen molar-refractivity contribution in [1.82, 2.24) is 15.1 Å². The van der Waals surface area contributed by atoms with Gasteiger partial charge >= 0.3 is 0 Å². The SMILES string of the molecule is CNCc1c(C)c(-c2cc(C)c(C)cc2C)nn1C. The summed E-state index contributed by atoms with van der Waals surface area (Å²) in [6.45, 7) is 9.48. The molecule has 0 aliphatic heterocycles. The molecule has 0 saturated carbocycles. The van der Waals surface area contributed by atoms with Crippen molar-refractivity contribution in [3.8, 4) is 11.3 Å². The minimum absolute atomic E-state index is 0.846. The fourth-order valence-corrected chi connectivity index (χ4v) is 2.55. The highest BCUT2D eigenvalue weighted by atomic mass is 15.3. The van der Waals surface area contributed by atoms with Crippen LogP contribution in [0.4, 0.5) is 0 Å². The van der Waals surface area contributed by atoms with Gasteiger partial charge in [0.1, 0.15) is 0 Å². The second-order valence-electron chi connectivity index (χ2n) is 5.33. The molecule has 2 rings (SSSR count). The molecule has 1 aromatic carbocycles. The Morgan fingerprint density at radius 1 is 1.05 bits per heavy atom. The van der Waals surface area contributed by atoms with Gasteiger partial charge < -0.3 is 5.32 Å². The predicted molar refractivity (Wildman–Crippen MR) is 80.4 cm³/mol. The lowest BCUT2D eigenvalue weighted by atomic mass is 9.97. The Labute approximate surface area is 115 Å². The van der Waals surface area contributed by atoms with E-state index in [1.165, 1.54) is 33.5 Å². The average Bonchev–Trinajstić information content (AvgIpc) is 2.62. The molecule has 0 atom stereocenters. The Bertz CT molecular complexity index is 609. The van der Waals surface area contributed by atoms with Crippen LogP contribution in [-0.4, -0.2) is 16.8 Å². The van der Waals surface area contributed by atoms with Crippen molar-refractivity contribution in [3.63, 3.8) is 0 Å². The van der Waals surface area contributed by atoms with Crippen LogP contribution in [0.15, 0.2) is 12.1 Å². The highest BCUT2D eigenvalue weighted by Gasteiger charge is 2.15. The van der Waals surface area contributed by atoms with Crippen molar-refractivity contribution in [2.24, 2.45) is 7.05 Å². The molecule has 0 aliphatic rings. The quantitative estimate of drug-likeness (QED) is 0.916. The summed E-state index contributed by atoms with van der Waals surface area (Å²) in [6.07, 6.45) is 0. The maximum atomic E-state index is 4.71. The van der Waals surface area contributed by atoms with Crippen molar-refractivity contribution in [1.29, 1.82) is 0 Å². The van der Waals surface area contributed by atoms with E-state index in [1.807, 2.05) is 18.8 Å². The van der Waals surface area contributed by atoms with Gasteiger partial charge in [0.25, 0.3) is 0 Å². The standard InChI is InChI=1S/C16H23N3/c1-10-7-12(3)14(8-11(10)2)16-13(4)15(9-17-5)19(6)18-16/h7-8,17H,9H2,1-6H3. The normalized spacial score (nSPS) is 11.1. The van der Waals surface area contributed by atoms with E-state index in [-0.39, 0.29) is 0 Å². The first-order valence-electron chi connectivity index (χ1n) is 6.71. The van der Waals surface area contributed by atoms with Crippen molar-refractivity contribution >= 4 is 0 Å². The summed E-state index contributed by atoms with van der Waals surface area (Å²) in [4.78, 5) is 0. The number of aromatic nitrogens is 2. The van der Waals surface area contributed by atoms with Gasteiger partial charge in [-0.25, -0.2) is 0 Å². The van der Waals surface area contributed by atoms with Gasteiger partial charge in [-0.3, -0.25) is 4.68 Å². The Balaban J connectivity index is 2.60. The van der Waals surface area contributed by atoms with E-state index in [1.54, 1.807) is 0 Å². The first kappa shape index (κ1) is 13.8. The van der Waals surface area contributed by atoms with Crippen LogP contribution in [0.3, 0.4) is 0 Å². The summed E-state index contributed by atoms with van der Waals surface area (Å²) in [5.41, 5.74) is 8.82. The third-order valence-corrected chi connectivity index (χ3v) is 3.87. The van der Waals surface area contributed by atoms with Gasteiger partial charge in [0, 0.05) is 19.2 Å². The maximum absolute atomic E-state index is 4.71. The number of hydrogen-bond acceptors (Lipinski definition) is 2. The fraction of sp³-hybridized carbons (Fsp3) is 0.438. The zero-order chi connectivity index (χ0) is 14.2. The average molecular weight is 257 g/mol. The molecule has 0 amide bonds. The Morgan fingerprint density at radius 2 is 1.68 bits per heavy atom. The number of hydrogen-bond donors (Lipinski definition) is 1. The van der Waals surface area contributed by atoms with Crippen LogP contribution < -0.4 is 5.32 Å². The molecular formula is C16H23N3. The van der Waals surface area contributed by atoms with Crippen LogP contribution in [0.2, 0.25) is 0 Å². The smallest absolute Gasteiger partial charge is 0.0958 e. The van der Waals surface area contributed by atoms with Gasteiger partial charge in [-0.2, -0.15) is 5.10 Å². The summed E-state index contributed by atoms with van der Waals surface area (Å²) in [6, 6.07) is 4.50. The van der Waals surface area contributed by atoms with Gasteiger partial charge in [0.05, 0.1) is 11.4 Å². The summed E-state index contributed by atoms with van der Waals surface area (Å²) < 4.78 is 1.98. The summed E-state index contributed by atoms with van der Waals surface area (Å²) >= 11 is 0. The minimum atomic E-state index is 0.846. The molecule has 0 bridgehead atoms. The van der Waals surface area contributed by atoms with Gasteiger partial charge in [0.15, 0.2) is 0 Å². The molecule has 1 N–H and O–H groups in total. The number of benzene rings is 1. The highest BCUT2D eigenvalue weighted by molar-refractivity contribution is 5.69. The van der Waals surface area contributed by atoms with E-state index >= 15 is 0 Å². The van der Waals surface area contributed by atoms with Crippen molar-refractivity contribution in [3.05, 3.63) is 40.1 Å². The van der Waals surface area contributed by atoms with E-state index in [4.69, 9.17) is 5.10 Å². The number of rotatable bonds is 3. The highest BCUT2D eigenvalue weighted by Crippen LogP contribution is 2.29. The molecule has 102 valence electrons. The molecule has 0 spiro atoms.